The van der Waals surface area contributed by atoms with Crippen molar-refractivity contribution >= 4 is 11.8 Å². The summed E-state index contributed by atoms with van der Waals surface area (Å²) in [7, 11) is 1.64. The maximum absolute atomic E-state index is 13.0. The Morgan fingerprint density at radius 1 is 1.07 bits per heavy atom. The summed E-state index contributed by atoms with van der Waals surface area (Å²) in [6, 6.07) is 17.7. The Hall–Kier alpha value is -2.82. The molecule has 1 N–H and O–H groups in total. The molecule has 0 saturated carbocycles. The lowest BCUT2D eigenvalue weighted by Crippen LogP contribution is -2.35. The molecular formula is C24H30N2O3. The highest BCUT2D eigenvalue weighted by Gasteiger charge is 2.40. The van der Waals surface area contributed by atoms with Gasteiger partial charge in [0.05, 0.1) is 13.0 Å². The predicted octanol–water partition coefficient (Wildman–Crippen LogP) is 3.60. The summed E-state index contributed by atoms with van der Waals surface area (Å²) >= 11 is 0. The number of carbonyl (C=O) groups is 2. The first-order chi connectivity index (χ1) is 14.0. The molecule has 0 radical (unpaired) electrons. The van der Waals surface area contributed by atoms with Gasteiger partial charge in [-0.1, -0.05) is 56.3 Å². The van der Waals surface area contributed by atoms with Gasteiger partial charge in [0.25, 0.3) is 0 Å². The molecule has 2 aromatic carbocycles. The largest absolute Gasteiger partial charge is 0.497 e. The van der Waals surface area contributed by atoms with E-state index in [1.54, 1.807) is 7.11 Å². The quantitative estimate of drug-likeness (QED) is 0.781. The molecule has 2 amide bonds. The van der Waals surface area contributed by atoms with Gasteiger partial charge in [-0.25, -0.2) is 0 Å². The molecule has 1 heterocycles. The minimum atomic E-state index is -0.261. The number of carbonyl (C=O) groups excluding carboxylic acids is 2. The number of ether oxygens (including phenoxy) is 1. The third kappa shape index (κ3) is 5.37. The monoisotopic (exact) mass is 394 g/mol. The molecule has 5 heteroatoms. The van der Waals surface area contributed by atoms with Crippen molar-refractivity contribution in [3.63, 3.8) is 0 Å². The minimum Gasteiger partial charge on any atom is -0.497 e. The van der Waals surface area contributed by atoms with Crippen molar-refractivity contribution in [2.45, 2.75) is 32.7 Å². The van der Waals surface area contributed by atoms with Crippen LogP contribution in [0.5, 0.6) is 5.75 Å². The van der Waals surface area contributed by atoms with Gasteiger partial charge in [0.2, 0.25) is 11.8 Å². The van der Waals surface area contributed by atoms with E-state index < -0.39 is 0 Å². The molecule has 1 saturated heterocycles. The smallest absolute Gasteiger partial charge is 0.225 e. The number of likely N-dealkylation sites (tertiary alicyclic amines) is 1. The van der Waals surface area contributed by atoms with Gasteiger partial charge in [-0.2, -0.15) is 0 Å². The zero-order valence-corrected chi connectivity index (χ0v) is 17.4. The highest BCUT2D eigenvalue weighted by molar-refractivity contribution is 5.83. The SMILES string of the molecule is COc1ccc(C2CN(C(=O)CC(C)C)CC2C(=O)NCc2ccccc2)cc1. The number of hydrogen-bond acceptors (Lipinski definition) is 3. The average Bonchev–Trinajstić information content (AvgIpc) is 3.18. The Bertz CT molecular complexity index is 818. The van der Waals surface area contributed by atoms with Crippen molar-refractivity contribution in [2.24, 2.45) is 11.8 Å². The van der Waals surface area contributed by atoms with Crippen LogP contribution in [0.1, 0.15) is 37.3 Å². The van der Waals surface area contributed by atoms with Gasteiger partial charge in [0.1, 0.15) is 5.75 Å². The first-order valence-electron chi connectivity index (χ1n) is 10.2. The summed E-state index contributed by atoms with van der Waals surface area (Å²) in [6.07, 6.45) is 0.508. The maximum atomic E-state index is 13.0. The van der Waals surface area contributed by atoms with Crippen LogP contribution in [0.15, 0.2) is 54.6 Å². The van der Waals surface area contributed by atoms with Crippen LogP contribution in [0.2, 0.25) is 0 Å². The van der Waals surface area contributed by atoms with Crippen molar-refractivity contribution in [1.29, 1.82) is 0 Å². The number of amides is 2. The van der Waals surface area contributed by atoms with Crippen LogP contribution < -0.4 is 10.1 Å². The Morgan fingerprint density at radius 2 is 1.76 bits per heavy atom. The van der Waals surface area contributed by atoms with Gasteiger partial charge in [-0.05, 0) is 29.2 Å². The highest BCUT2D eigenvalue weighted by atomic mass is 16.5. The molecule has 154 valence electrons. The van der Waals surface area contributed by atoms with Gasteiger partial charge in [0, 0.05) is 32.0 Å². The van der Waals surface area contributed by atoms with Gasteiger partial charge < -0.3 is 15.0 Å². The van der Waals surface area contributed by atoms with Crippen molar-refractivity contribution in [3.8, 4) is 5.75 Å². The lowest BCUT2D eigenvalue weighted by Gasteiger charge is -2.18. The molecule has 2 unspecified atom stereocenters. The lowest BCUT2D eigenvalue weighted by atomic mass is 9.88. The molecule has 1 aliphatic heterocycles. The van der Waals surface area contributed by atoms with Gasteiger partial charge >= 0.3 is 0 Å². The fraction of sp³-hybridized carbons (Fsp3) is 0.417. The van der Waals surface area contributed by atoms with E-state index in [-0.39, 0.29) is 23.7 Å². The van der Waals surface area contributed by atoms with E-state index in [2.05, 4.69) is 5.32 Å². The maximum Gasteiger partial charge on any atom is 0.225 e. The number of hydrogen-bond donors (Lipinski definition) is 1. The van der Waals surface area contributed by atoms with E-state index >= 15 is 0 Å². The predicted molar refractivity (Wildman–Crippen MR) is 114 cm³/mol. The fourth-order valence-electron chi connectivity index (χ4n) is 3.86. The normalized spacial score (nSPS) is 18.7. The van der Waals surface area contributed by atoms with Gasteiger partial charge in [-0.15, -0.1) is 0 Å². The second-order valence-corrected chi connectivity index (χ2v) is 8.09. The van der Waals surface area contributed by atoms with E-state index in [0.29, 0.717) is 32.0 Å². The number of nitrogens with one attached hydrogen (secondary N) is 1. The van der Waals surface area contributed by atoms with Gasteiger partial charge in [0.15, 0.2) is 0 Å². The standard InChI is InChI=1S/C24H30N2O3/c1-17(2)13-23(27)26-15-21(19-9-11-20(29-3)12-10-19)22(16-26)24(28)25-14-18-7-5-4-6-8-18/h4-12,17,21-22H,13-16H2,1-3H3,(H,25,28). The average molecular weight is 395 g/mol. The summed E-state index contributed by atoms with van der Waals surface area (Å²) < 4.78 is 5.25. The second-order valence-electron chi connectivity index (χ2n) is 8.09. The molecule has 1 aliphatic rings. The second kappa shape index (κ2) is 9.59. The van der Waals surface area contributed by atoms with E-state index in [0.717, 1.165) is 16.9 Å². The molecule has 3 rings (SSSR count). The van der Waals surface area contributed by atoms with Crippen LogP contribution in [0, 0.1) is 11.8 Å². The Morgan fingerprint density at radius 3 is 2.38 bits per heavy atom. The number of nitrogens with zero attached hydrogens (tertiary/aromatic N) is 1. The summed E-state index contributed by atoms with van der Waals surface area (Å²) in [5.74, 6) is 0.917. The Balaban J connectivity index is 1.75. The summed E-state index contributed by atoms with van der Waals surface area (Å²) in [5.41, 5.74) is 2.12. The van der Waals surface area contributed by atoms with Crippen LogP contribution in [-0.4, -0.2) is 36.9 Å². The van der Waals surface area contributed by atoms with Gasteiger partial charge in [-0.3, -0.25) is 9.59 Å². The summed E-state index contributed by atoms with van der Waals surface area (Å²) in [5, 5.41) is 3.06. The van der Waals surface area contributed by atoms with Crippen LogP contribution in [-0.2, 0) is 16.1 Å². The lowest BCUT2D eigenvalue weighted by molar-refractivity contribution is -0.131. The Labute approximate surface area is 173 Å². The minimum absolute atomic E-state index is 0.00508. The first-order valence-corrected chi connectivity index (χ1v) is 10.2. The zero-order valence-electron chi connectivity index (χ0n) is 17.4. The van der Waals surface area contributed by atoms with Crippen molar-refractivity contribution in [1.82, 2.24) is 10.2 Å². The fourth-order valence-corrected chi connectivity index (χ4v) is 3.86. The Kier molecular flexibility index (Phi) is 6.91. The van der Waals surface area contributed by atoms with Crippen molar-refractivity contribution < 1.29 is 14.3 Å². The van der Waals surface area contributed by atoms with Crippen molar-refractivity contribution in [3.05, 3.63) is 65.7 Å². The van der Waals surface area contributed by atoms with E-state index in [1.165, 1.54) is 0 Å². The molecule has 0 spiro atoms. The first kappa shape index (κ1) is 20.9. The molecule has 0 aliphatic carbocycles. The molecule has 5 nitrogen and oxygen atoms in total. The number of benzene rings is 2. The van der Waals surface area contributed by atoms with Crippen LogP contribution in [0.25, 0.3) is 0 Å². The highest BCUT2D eigenvalue weighted by Crippen LogP contribution is 2.34. The molecule has 2 aromatic rings. The number of methoxy groups -OCH3 is 1. The molecule has 2 atom stereocenters. The zero-order chi connectivity index (χ0) is 20.8. The van der Waals surface area contributed by atoms with Crippen molar-refractivity contribution in [2.75, 3.05) is 20.2 Å². The van der Waals surface area contributed by atoms with Crippen LogP contribution >= 0.6 is 0 Å². The van der Waals surface area contributed by atoms with E-state index in [4.69, 9.17) is 4.74 Å². The summed E-state index contributed by atoms with van der Waals surface area (Å²) in [4.78, 5) is 27.5. The van der Waals surface area contributed by atoms with Crippen LogP contribution in [0.3, 0.4) is 0 Å². The third-order valence-corrected chi connectivity index (χ3v) is 5.45. The molecule has 29 heavy (non-hydrogen) atoms. The molecular weight excluding hydrogens is 364 g/mol. The van der Waals surface area contributed by atoms with E-state index in [9.17, 15) is 9.59 Å². The molecule has 0 aromatic heterocycles. The number of rotatable bonds is 7. The summed E-state index contributed by atoms with van der Waals surface area (Å²) in [6.45, 7) is 5.60. The van der Waals surface area contributed by atoms with Crippen LogP contribution in [0.4, 0.5) is 0 Å². The molecule has 0 bridgehead atoms. The molecule has 1 fully saturated rings. The third-order valence-electron chi connectivity index (χ3n) is 5.45. The topological polar surface area (TPSA) is 58.6 Å². The van der Waals surface area contributed by atoms with E-state index in [1.807, 2.05) is 73.3 Å².